The number of ether oxygens (including phenoxy) is 4. The van der Waals surface area contributed by atoms with Crippen LogP contribution in [0.4, 0.5) is 5.82 Å². The fourth-order valence-corrected chi connectivity index (χ4v) is 14.9. The van der Waals surface area contributed by atoms with Gasteiger partial charge in [-0.2, -0.15) is 25.3 Å². The number of H-pyrrole nitrogens is 2. The van der Waals surface area contributed by atoms with Crippen molar-refractivity contribution in [2.75, 3.05) is 51.0 Å². The van der Waals surface area contributed by atoms with E-state index in [1.165, 1.54) is 15.1 Å². The molecule has 1 unspecified atom stereocenters. The molecule has 5 aromatic heterocycles. The van der Waals surface area contributed by atoms with Crippen molar-refractivity contribution >= 4 is 61.2 Å². The quantitative estimate of drug-likeness (QED) is 0.0510. The van der Waals surface area contributed by atoms with Crippen molar-refractivity contribution < 1.29 is 38.7 Å². The zero-order chi connectivity index (χ0) is 60.8. The maximum absolute atomic E-state index is 14.9. The van der Waals surface area contributed by atoms with Gasteiger partial charge >= 0.3 is 6.01 Å². The zero-order valence-electron chi connectivity index (χ0n) is 50.6. The second kappa shape index (κ2) is 22.9. The summed E-state index contributed by atoms with van der Waals surface area (Å²) in [5.41, 5.74) is 9.16. The van der Waals surface area contributed by atoms with E-state index in [9.17, 15) is 24.6 Å². The number of hydrogen-bond acceptors (Lipinski definition) is 16. The first-order valence-corrected chi connectivity index (χ1v) is 31.7. The van der Waals surface area contributed by atoms with Crippen molar-refractivity contribution in [3.8, 4) is 34.1 Å². The fraction of sp³-hybridized carbons (Fsp3) is 0.463. The minimum Gasteiger partial charge on any atom is -0.486 e. The van der Waals surface area contributed by atoms with Crippen LogP contribution in [-0.4, -0.2) is 154 Å². The van der Waals surface area contributed by atoms with Crippen molar-refractivity contribution in [1.29, 1.82) is 0 Å². The maximum atomic E-state index is 14.9. The summed E-state index contributed by atoms with van der Waals surface area (Å²) in [6, 6.07) is 20.1. The minimum atomic E-state index is -1.03. The van der Waals surface area contributed by atoms with Gasteiger partial charge in [0.2, 0.25) is 11.8 Å². The van der Waals surface area contributed by atoms with Crippen LogP contribution >= 0.6 is 0 Å². The van der Waals surface area contributed by atoms with E-state index in [4.69, 9.17) is 34.0 Å². The number of nitrogens with one attached hydrogen (secondary N) is 4. The maximum Gasteiger partial charge on any atom is 0.319 e. The van der Waals surface area contributed by atoms with Gasteiger partial charge in [0.05, 0.1) is 48.4 Å². The molecular weight excluding hydrogens is 1130 g/mol. The highest BCUT2D eigenvalue weighted by atomic mass is 16.5. The number of carbonyl (C=O) groups excluding carboxylic acids is 2. The molecule has 5 aliphatic heterocycles. The highest BCUT2D eigenvalue weighted by Crippen LogP contribution is 2.54. The molecular formula is C67H75N13O9. The molecule has 6 aliphatic rings. The molecule has 6 N–H and O–H groups in total. The Morgan fingerprint density at radius 1 is 0.910 bits per heavy atom. The second-order valence-corrected chi connectivity index (χ2v) is 25.8. The monoisotopic (exact) mass is 1210 g/mol. The van der Waals surface area contributed by atoms with Gasteiger partial charge in [-0.25, -0.2) is 0 Å². The molecule has 6 fully saturated rings. The number of aromatic nitrogens is 9. The molecule has 1 spiro atoms. The van der Waals surface area contributed by atoms with Crippen LogP contribution in [0.3, 0.4) is 0 Å². The number of aliphatic hydroxyl groups excluding tert-OH is 2. The van der Waals surface area contributed by atoms with Gasteiger partial charge in [-0.05, 0) is 115 Å². The van der Waals surface area contributed by atoms with Gasteiger partial charge in [-0.1, -0.05) is 56.3 Å². The van der Waals surface area contributed by atoms with Crippen LogP contribution in [0.15, 0.2) is 90.1 Å². The third-order valence-electron chi connectivity index (χ3n) is 19.6. The van der Waals surface area contributed by atoms with Crippen molar-refractivity contribution in [3.05, 3.63) is 118 Å². The van der Waals surface area contributed by atoms with Gasteiger partial charge in [0.1, 0.15) is 36.1 Å². The fourth-order valence-electron chi connectivity index (χ4n) is 14.9. The Kier molecular flexibility index (Phi) is 14.7. The number of anilines is 1. The van der Waals surface area contributed by atoms with Gasteiger partial charge in [0.25, 0.3) is 5.56 Å². The number of piperazine rings is 1. The molecule has 5 saturated heterocycles. The smallest absolute Gasteiger partial charge is 0.319 e. The van der Waals surface area contributed by atoms with Crippen molar-refractivity contribution in [3.63, 3.8) is 0 Å². The summed E-state index contributed by atoms with van der Waals surface area (Å²) in [6.45, 7) is 11.9. The molecule has 7 atom stereocenters. The molecule has 1 aliphatic carbocycles. The first-order valence-electron chi connectivity index (χ1n) is 31.7. The summed E-state index contributed by atoms with van der Waals surface area (Å²) in [4.78, 5) is 61.1. The number of carbonyl (C=O) groups is 2. The molecule has 9 aromatic rings. The van der Waals surface area contributed by atoms with E-state index in [-0.39, 0.29) is 55.4 Å². The first-order chi connectivity index (χ1) is 43.3. The Balaban J connectivity index is 0.757. The highest BCUT2D eigenvalue weighted by Gasteiger charge is 2.45. The number of rotatable bonds is 17. The number of aromatic amines is 2. The van der Waals surface area contributed by atoms with E-state index in [2.05, 4.69) is 60.9 Å². The molecule has 462 valence electrons. The molecule has 22 heteroatoms. The summed E-state index contributed by atoms with van der Waals surface area (Å²) in [5.74, 6) is 0.499. The van der Waals surface area contributed by atoms with E-state index in [1.54, 1.807) is 12.4 Å². The molecule has 15 rings (SSSR count). The normalized spacial score (nSPS) is 22.3. The number of β-amino-alcohol motifs (C(OH)–C–C–N with tert-alkyl or cyclic N) is 1. The number of aryl methyl sites for hydroxylation is 2. The number of likely N-dealkylation sites (tertiary alicyclic amines) is 1. The van der Waals surface area contributed by atoms with Crippen LogP contribution in [0.1, 0.15) is 112 Å². The topological polar surface area (TPSA) is 265 Å². The van der Waals surface area contributed by atoms with Gasteiger partial charge in [0, 0.05) is 116 Å². The van der Waals surface area contributed by atoms with Gasteiger partial charge in [-0.15, -0.1) is 0 Å². The molecule has 1 saturated carbocycles. The number of amides is 2. The van der Waals surface area contributed by atoms with Crippen LogP contribution in [0.5, 0.6) is 11.8 Å². The van der Waals surface area contributed by atoms with Crippen LogP contribution in [-0.2, 0) is 32.2 Å². The summed E-state index contributed by atoms with van der Waals surface area (Å²) in [7, 11) is 0. The number of hydrogen-bond donors (Lipinski definition) is 6. The Morgan fingerprint density at radius 2 is 1.75 bits per heavy atom. The Morgan fingerprint density at radius 3 is 2.52 bits per heavy atom. The molecule has 89 heavy (non-hydrogen) atoms. The Labute approximate surface area is 513 Å². The van der Waals surface area contributed by atoms with Crippen LogP contribution < -0.4 is 30.6 Å². The molecule has 2 amide bonds. The highest BCUT2D eigenvalue weighted by molar-refractivity contribution is 6.07. The van der Waals surface area contributed by atoms with Gasteiger partial charge < -0.3 is 54.6 Å². The van der Waals surface area contributed by atoms with Crippen LogP contribution in [0, 0.1) is 12.8 Å². The average Bonchev–Trinajstić information content (AvgIpc) is 1.96. The number of fused-ring (bicyclic) bond motifs is 7. The van der Waals surface area contributed by atoms with Crippen LogP contribution in [0.25, 0.3) is 66.0 Å². The summed E-state index contributed by atoms with van der Waals surface area (Å²) >= 11 is 0. The predicted octanol–water partition coefficient (Wildman–Crippen LogP) is 7.68. The SMILES string of the molecule is CCn1nccc1-c1ccc([C@H](CO)NC(=O)[C@@H]2C[C@@H](O)CN2C(=O)[C@H](C(C)C)n2cc3c(n2)c(=O)[nH]c2cc(COc4c(-c5c(C)ccc6[nH]ncc56)c(C5CC5)cc5c(N6C[C@@H]7C[C@H]6CN7)nc(OC6CCOC7(CCOCC7)C6)nc45)ccc23)cc1. The lowest BCUT2D eigenvalue weighted by atomic mass is 9.85. The second-order valence-electron chi connectivity index (χ2n) is 25.8. The Bertz CT molecular complexity index is 4250. The third-order valence-corrected chi connectivity index (χ3v) is 19.6. The number of nitrogens with zero attached hydrogens (tertiary/aromatic N) is 9. The molecule has 2 bridgehead atoms. The molecule has 10 heterocycles. The summed E-state index contributed by atoms with van der Waals surface area (Å²) < 4.78 is 30.0. The van der Waals surface area contributed by atoms with Crippen molar-refractivity contribution in [2.45, 2.75) is 146 Å². The Hall–Kier alpha value is -8.28. The predicted molar refractivity (Wildman–Crippen MR) is 335 cm³/mol. The molecule has 22 nitrogen and oxygen atoms in total. The number of benzene rings is 4. The lowest BCUT2D eigenvalue weighted by Crippen LogP contribution is -2.50. The molecule has 4 aromatic carbocycles. The van der Waals surface area contributed by atoms with Crippen LogP contribution in [0.2, 0.25) is 0 Å². The van der Waals surface area contributed by atoms with E-state index in [0.29, 0.717) is 83.9 Å². The average molecular weight is 1210 g/mol. The van der Waals surface area contributed by atoms with E-state index >= 15 is 0 Å². The molecule has 0 radical (unpaired) electrons. The third kappa shape index (κ3) is 10.4. The van der Waals surface area contributed by atoms with E-state index in [1.807, 2.05) is 80.2 Å². The van der Waals surface area contributed by atoms with E-state index in [0.717, 1.165) is 107 Å². The number of aliphatic hydroxyl groups is 2. The lowest BCUT2D eigenvalue weighted by molar-refractivity contribution is -0.156. The zero-order valence-corrected chi connectivity index (χ0v) is 50.6. The lowest BCUT2D eigenvalue weighted by Gasteiger charge is -2.42. The standard InChI is InChI=1S/C67H75N13O9/c1-5-79-54(16-20-70-79)41-12-10-40(11-13-41)53(34-81)72-63(83)55-26-44(82)32-78(55)65(85)60(36(2)3)80-33-50-46-14-7-38(24-52(46)71-64(84)59(50)76-80)35-87-61-57(56-37(4)6-15-51-49(56)30-69-75-51)47(39-8-9-39)27-48-58(61)73-66(74-62(48)77-31-42-25-43(77)29-68-42)89-45-17-21-88-67(28-45)18-22-86-23-19-67/h6-7,10-16,20,24,27,30,33,36,39,42-45,53,55,60,68,81-82H,5,8-9,17-19,21-23,25-26,28-29,31-32,34-35H2,1-4H3,(H,69,75)(H,71,84)(H,72,83)/t42-,43-,44+,45?,53-,55-,60-/m0/s1. The first kappa shape index (κ1) is 57.2. The van der Waals surface area contributed by atoms with E-state index < -0.39 is 41.6 Å². The largest absolute Gasteiger partial charge is 0.486 e. The van der Waals surface area contributed by atoms with Gasteiger partial charge in [0.15, 0.2) is 11.3 Å². The van der Waals surface area contributed by atoms with Gasteiger partial charge in [-0.3, -0.25) is 28.8 Å². The minimum absolute atomic E-state index is 0.0109. The van der Waals surface area contributed by atoms with Crippen molar-refractivity contribution in [2.24, 2.45) is 5.92 Å². The summed E-state index contributed by atoms with van der Waals surface area (Å²) in [5, 5.41) is 48.3. The van der Waals surface area contributed by atoms with Crippen molar-refractivity contribution in [1.82, 2.24) is 60.2 Å². The summed E-state index contributed by atoms with van der Waals surface area (Å²) in [6.07, 6.45) is 10.4. The number of pyridine rings is 1.